The number of carbonyl (C=O) groups is 1. The van der Waals surface area contributed by atoms with E-state index in [9.17, 15) is 21.6 Å². The maximum absolute atomic E-state index is 12.7. The van der Waals surface area contributed by atoms with Gasteiger partial charge in [-0.05, 0) is 43.7 Å². The lowest BCUT2D eigenvalue weighted by Gasteiger charge is -2.34. The van der Waals surface area contributed by atoms with Crippen LogP contribution >= 0.6 is 0 Å². The number of amides is 1. The van der Waals surface area contributed by atoms with Crippen LogP contribution in [0.15, 0.2) is 54.6 Å². The summed E-state index contributed by atoms with van der Waals surface area (Å²) in [4.78, 5) is 13.9. The zero-order chi connectivity index (χ0) is 24.1. The van der Waals surface area contributed by atoms with Crippen molar-refractivity contribution in [1.82, 2.24) is 9.21 Å². The highest BCUT2D eigenvalue weighted by Gasteiger charge is 2.30. The SMILES string of the molecule is CC(C)Oc1ccc(NS(=O)(=O)CC(=O)N2CCN(S(=O)(=O)Cc3ccccc3)CC2)cc1. The van der Waals surface area contributed by atoms with Gasteiger partial charge in [0.05, 0.1) is 11.9 Å². The fraction of sp³-hybridized carbons (Fsp3) is 0.409. The van der Waals surface area contributed by atoms with Crippen LogP contribution in [-0.4, -0.2) is 70.0 Å². The van der Waals surface area contributed by atoms with Crippen LogP contribution in [0, 0.1) is 0 Å². The number of hydrogen-bond acceptors (Lipinski definition) is 6. The molecule has 0 unspecified atom stereocenters. The first-order valence-corrected chi connectivity index (χ1v) is 13.9. The van der Waals surface area contributed by atoms with Crippen molar-refractivity contribution in [2.45, 2.75) is 25.7 Å². The lowest BCUT2D eigenvalue weighted by atomic mass is 10.2. The van der Waals surface area contributed by atoms with Crippen LogP contribution in [0.1, 0.15) is 19.4 Å². The number of sulfonamides is 2. The van der Waals surface area contributed by atoms with Gasteiger partial charge in [0.1, 0.15) is 11.5 Å². The van der Waals surface area contributed by atoms with Crippen molar-refractivity contribution < 1.29 is 26.4 Å². The van der Waals surface area contributed by atoms with Crippen molar-refractivity contribution in [1.29, 1.82) is 0 Å². The normalized spacial score (nSPS) is 15.4. The van der Waals surface area contributed by atoms with Gasteiger partial charge in [0.25, 0.3) is 0 Å². The molecular weight excluding hydrogens is 466 g/mol. The van der Waals surface area contributed by atoms with Gasteiger partial charge in [-0.2, -0.15) is 4.31 Å². The molecule has 180 valence electrons. The lowest BCUT2D eigenvalue weighted by molar-refractivity contribution is -0.129. The molecular formula is C22H29N3O6S2. The first-order valence-electron chi connectivity index (χ1n) is 10.6. The predicted molar refractivity (Wildman–Crippen MR) is 127 cm³/mol. The summed E-state index contributed by atoms with van der Waals surface area (Å²) in [7, 11) is -7.43. The molecule has 2 aromatic carbocycles. The van der Waals surface area contributed by atoms with E-state index in [-0.39, 0.29) is 38.0 Å². The van der Waals surface area contributed by atoms with Crippen LogP contribution in [0.3, 0.4) is 0 Å². The van der Waals surface area contributed by atoms with E-state index in [4.69, 9.17) is 4.74 Å². The molecule has 0 spiro atoms. The van der Waals surface area contributed by atoms with Crippen LogP contribution in [-0.2, 0) is 30.6 Å². The van der Waals surface area contributed by atoms with Crippen molar-refractivity contribution in [3.8, 4) is 5.75 Å². The van der Waals surface area contributed by atoms with Crippen LogP contribution in [0.2, 0.25) is 0 Å². The zero-order valence-electron chi connectivity index (χ0n) is 18.7. The molecule has 2 aromatic rings. The molecule has 0 atom stereocenters. The minimum absolute atomic E-state index is 0.000966. The van der Waals surface area contributed by atoms with E-state index in [1.165, 1.54) is 9.21 Å². The van der Waals surface area contributed by atoms with Crippen molar-refractivity contribution in [3.63, 3.8) is 0 Å². The van der Waals surface area contributed by atoms with E-state index in [0.29, 0.717) is 17.0 Å². The Hall–Kier alpha value is -2.63. The highest BCUT2D eigenvalue weighted by atomic mass is 32.2. The number of nitrogens with zero attached hydrogens (tertiary/aromatic N) is 2. The van der Waals surface area contributed by atoms with Crippen molar-refractivity contribution in [3.05, 3.63) is 60.2 Å². The molecule has 1 amide bonds. The maximum Gasteiger partial charge on any atom is 0.241 e. The third kappa shape index (κ3) is 7.44. The van der Waals surface area contributed by atoms with E-state index in [2.05, 4.69) is 4.72 Å². The number of rotatable bonds is 9. The Labute approximate surface area is 195 Å². The van der Waals surface area contributed by atoms with E-state index in [1.54, 1.807) is 48.5 Å². The number of hydrogen-bond donors (Lipinski definition) is 1. The molecule has 0 bridgehead atoms. The molecule has 1 heterocycles. The molecule has 0 radical (unpaired) electrons. The molecule has 0 saturated carbocycles. The van der Waals surface area contributed by atoms with Crippen molar-refractivity contribution in [2.24, 2.45) is 0 Å². The smallest absolute Gasteiger partial charge is 0.241 e. The van der Waals surface area contributed by atoms with Gasteiger partial charge in [-0.25, -0.2) is 16.8 Å². The van der Waals surface area contributed by atoms with Gasteiger partial charge in [-0.1, -0.05) is 30.3 Å². The summed E-state index contributed by atoms with van der Waals surface area (Å²) in [5.74, 6) is -0.777. The fourth-order valence-corrected chi connectivity index (χ4v) is 6.03. The summed E-state index contributed by atoms with van der Waals surface area (Å²) in [5, 5.41) is 0. The first-order chi connectivity index (χ1) is 15.5. The van der Waals surface area contributed by atoms with Crippen molar-refractivity contribution in [2.75, 3.05) is 36.7 Å². The number of carbonyl (C=O) groups excluding carboxylic acids is 1. The number of piperazine rings is 1. The number of benzene rings is 2. The van der Waals surface area contributed by atoms with Crippen molar-refractivity contribution >= 4 is 31.6 Å². The van der Waals surface area contributed by atoms with E-state index in [0.717, 1.165) is 0 Å². The van der Waals surface area contributed by atoms with Gasteiger partial charge in [0, 0.05) is 31.9 Å². The van der Waals surface area contributed by atoms with Gasteiger partial charge >= 0.3 is 0 Å². The summed E-state index contributed by atoms with van der Waals surface area (Å²) in [6.07, 6.45) is -0.000966. The summed E-state index contributed by atoms with van der Waals surface area (Å²) in [6.45, 7) is 4.33. The molecule has 1 N–H and O–H groups in total. The average Bonchev–Trinajstić information content (AvgIpc) is 2.75. The van der Waals surface area contributed by atoms with Gasteiger partial charge in [0.15, 0.2) is 0 Å². The van der Waals surface area contributed by atoms with Gasteiger partial charge in [-0.15, -0.1) is 0 Å². The van der Waals surface area contributed by atoms with Gasteiger partial charge < -0.3 is 9.64 Å². The minimum Gasteiger partial charge on any atom is -0.491 e. The van der Waals surface area contributed by atoms with E-state index < -0.39 is 31.7 Å². The standard InChI is InChI=1S/C22H29N3O6S2/c1-18(2)31-21-10-8-20(9-11-21)23-32(27,28)17-22(26)24-12-14-25(15-13-24)33(29,30)16-19-6-4-3-5-7-19/h3-11,18,23H,12-17H2,1-2H3. The molecule has 1 saturated heterocycles. The van der Waals surface area contributed by atoms with Crippen LogP contribution in [0.25, 0.3) is 0 Å². The summed E-state index contributed by atoms with van der Waals surface area (Å²) in [5.41, 5.74) is 1.02. The molecule has 9 nitrogen and oxygen atoms in total. The minimum atomic E-state index is -3.92. The zero-order valence-corrected chi connectivity index (χ0v) is 20.3. The largest absolute Gasteiger partial charge is 0.491 e. The second-order valence-corrected chi connectivity index (χ2v) is 11.8. The average molecular weight is 496 g/mol. The Kier molecular flexibility index (Phi) is 7.98. The Morgan fingerprint density at radius 3 is 2.12 bits per heavy atom. The second-order valence-electron chi connectivity index (χ2n) is 8.07. The molecule has 0 aliphatic carbocycles. The molecule has 0 aromatic heterocycles. The van der Waals surface area contributed by atoms with E-state index in [1.807, 2.05) is 19.9 Å². The molecule has 3 rings (SSSR count). The maximum atomic E-state index is 12.7. The van der Waals surface area contributed by atoms with Crippen LogP contribution < -0.4 is 9.46 Å². The lowest BCUT2D eigenvalue weighted by Crippen LogP contribution is -2.52. The molecule has 11 heteroatoms. The fourth-order valence-electron chi connectivity index (χ4n) is 3.44. The molecule has 1 fully saturated rings. The molecule has 1 aliphatic heterocycles. The Balaban J connectivity index is 1.51. The monoisotopic (exact) mass is 495 g/mol. The highest BCUT2D eigenvalue weighted by Crippen LogP contribution is 2.18. The summed E-state index contributed by atoms with van der Waals surface area (Å²) in [6, 6.07) is 15.3. The highest BCUT2D eigenvalue weighted by molar-refractivity contribution is 7.93. The summed E-state index contributed by atoms with van der Waals surface area (Å²) >= 11 is 0. The van der Waals surface area contributed by atoms with Crippen LogP contribution in [0.5, 0.6) is 5.75 Å². The number of ether oxygens (including phenoxy) is 1. The van der Waals surface area contributed by atoms with Crippen LogP contribution in [0.4, 0.5) is 5.69 Å². The Morgan fingerprint density at radius 2 is 1.55 bits per heavy atom. The second kappa shape index (κ2) is 10.5. The third-order valence-corrected chi connectivity index (χ3v) is 8.01. The Bertz CT molecular complexity index is 1140. The molecule has 1 aliphatic rings. The van der Waals surface area contributed by atoms with Gasteiger partial charge in [-0.3, -0.25) is 9.52 Å². The number of anilines is 1. The number of nitrogens with one attached hydrogen (secondary N) is 1. The predicted octanol–water partition coefficient (Wildman–Crippen LogP) is 1.89. The third-order valence-electron chi connectivity index (χ3n) is 4.99. The first kappa shape index (κ1) is 25.0. The molecule has 33 heavy (non-hydrogen) atoms. The van der Waals surface area contributed by atoms with E-state index >= 15 is 0 Å². The Morgan fingerprint density at radius 1 is 0.939 bits per heavy atom. The van der Waals surface area contributed by atoms with Gasteiger partial charge in [0.2, 0.25) is 26.0 Å². The summed E-state index contributed by atoms with van der Waals surface area (Å²) < 4.78 is 59.5. The quantitative estimate of drug-likeness (QED) is 0.568. The topological polar surface area (TPSA) is 113 Å².